The largest absolute Gasteiger partial charge is 0.482 e. The van der Waals surface area contributed by atoms with Gasteiger partial charge in [0.05, 0.1) is 11.1 Å². The van der Waals surface area contributed by atoms with Crippen molar-refractivity contribution in [3.05, 3.63) is 64.2 Å². The molecule has 0 aliphatic carbocycles. The van der Waals surface area contributed by atoms with Crippen LogP contribution < -0.4 is 10.1 Å². The standard InChI is InChI=1S/C19H22ClNO2/c1-4-17(15-10-9-13(2)11-14(15)3)21-19(22)12-23-18-8-6-5-7-16(18)20/h5-11,17H,4,12H2,1-3H3,(H,21,22). The fourth-order valence-corrected chi connectivity index (χ4v) is 2.75. The van der Waals surface area contributed by atoms with Crippen LogP contribution in [0.5, 0.6) is 5.75 Å². The minimum absolute atomic E-state index is 0.0158. The van der Waals surface area contributed by atoms with Gasteiger partial charge in [0.15, 0.2) is 6.61 Å². The molecular formula is C19H22ClNO2. The number of nitrogens with one attached hydrogen (secondary N) is 1. The third kappa shape index (κ3) is 4.73. The highest BCUT2D eigenvalue weighted by Gasteiger charge is 2.15. The van der Waals surface area contributed by atoms with Gasteiger partial charge in [0.2, 0.25) is 0 Å². The average Bonchev–Trinajstić information content (AvgIpc) is 2.52. The summed E-state index contributed by atoms with van der Waals surface area (Å²) in [7, 11) is 0. The van der Waals surface area contributed by atoms with E-state index in [0.717, 1.165) is 12.0 Å². The Morgan fingerprint density at radius 1 is 1.22 bits per heavy atom. The lowest BCUT2D eigenvalue weighted by Crippen LogP contribution is -2.32. The highest BCUT2D eigenvalue weighted by Crippen LogP contribution is 2.24. The molecule has 2 aromatic rings. The molecule has 0 radical (unpaired) electrons. The number of aryl methyl sites for hydroxylation is 2. The van der Waals surface area contributed by atoms with E-state index in [1.165, 1.54) is 11.1 Å². The van der Waals surface area contributed by atoms with Crippen LogP contribution in [0, 0.1) is 13.8 Å². The van der Waals surface area contributed by atoms with Crippen molar-refractivity contribution in [2.24, 2.45) is 0 Å². The first-order chi connectivity index (χ1) is 11.0. The van der Waals surface area contributed by atoms with E-state index in [1.54, 1.807) is 12.1 Å². The van der Waals surface area contributed by atoms with E-state index in [2.05, 4.69) is 44.3 Å². The number of carbonyl (C=O) groups excluding carboxylic acids is 1. The molecule has 0 spiro atoms. The van der Waals surface area contributed by atoms with Crippen molar-refractivity contribution in [1.82, 2.24) is 5.32 Å². The second-order valence-electron chi connectivity index (χ2n) is 5.61. The van der Waals surface area contributed by atoms with Gasteiger partial charge in [-0.15, -0.1) is 0 Å². The van der Waals surface area contributed by atoms with E-state index < -0.39 is 0 Å². The van der Waals surface area contributed by atoms with E-state index in [0.29, 0.717) is 10.8 Å². The zero-order valence-electron chi connectivity index (χ0n) is 13.7. The van der Waals surface area contributed by atoms with Gasteiger partial charge in [-0.3, -0.25) is 4.79 Å². The molecule has 2 aromatic carbocycles. The summed E-state index contributed by atoms with van der Waals surface area (Å²) in [6.45, 7) is 6.13. The number of halogens is 1. The Hall–Kier alpha value is -2.00. The molecule has 2 rings (SSSR count). The molecule has 0 fully saturated rings. The van der Waals surface area contributed by atoms with Crippen molar-refractivity contribution >= 4 is 17.5 Å². The lowest BCUT2D eigenvalue weighted by atomic mass is 9.97. The van der Waals surface area contributed by atoms with Crippen LogP contribution in [0.4, 0.5) is 0 Å². The Balaban J connectivity index is 1.98. The highest BCUT2D eigenvalue weighted by molar-refractivity contribution is 6.32. The van der Waals surface area contributed by atoms with E-state index in [-0.39, 0.29) is 18.6 Å². The van der Waals surface area contributed by atoms with Gasteiger partial charge in [-0.25, -0.2) is 0 Å². The highest BCUT2D eigenvalue weighted by atomic mass is 35.5. The first-order valence-corrected chi connectivity index (χ1v) is 8.13. The minimum atomic E-state index is -0.156. The Kier molecular flexibility index (Phi) is 6.05. The molecular weight excluding hydrogens is 310 g/mol. The Bertz CT molecular complexity index is 685. The Morgan fingerprint density at radius 3 is 2.61 bits per heavy atom. The number of carbonyl (C=O) groups is 1. The molecule has 0 aliphatic rings. The number of rotatable bonds is 6. The van der Waals surface area contributed by atoms with Crippen LogP contribution in [0.1, 0.15) is 36.1 Å². The maximum Gasteiger partial charge on any atom is 0.258 e. The third-order valence-corrected chi connectivity index (χ3v) is 4.05. The molecule has 122 valence electrons. The number of para-hydroxylation sites is 1. The molecule has 1 unspecified atom stereocenters. The third-order valence-electron chi connectivity index (χ3n) is 3.74. The average molecular weight is 332 g/mol. The molecule has 0 saturated heterocycles. The summed E-state index contributed by atoms with van der Waals surface area (Å²) in [6.07, 6.45) is 0.821. The first kappa shape index (κ1) is 17.4. The minimum Gasteiger partial charge on any atom is -0.482 e. The summed E-state index contributed by atoms with van der Waals surface area (Å²) < 4.78 is 5.49. The molecule has 1 N–H and O–H groups in total. The van der Waals surface area contributed by atoms with Crippen LogP contribution in [0.25, 0.3) is 0 Å². The summed E-state index contributed by atoms with van der Waals surface area (Å²) >= 11 is 6.02. The van der Waals surface area contributed by atoms with Gasteiger partial charge in [0.1, 0.15) is 5.75 Å². The summed E-state index contributed by atoms with van der Waals surface area (Å²) in [6, 6.07) is 13.4. The predicted octanol–water partition coefficient (Wildman–Crippen LogP) is 4.60. The topological polar surface area (TPSA) is 38.3 Å². The van der Waals surface area contributed by atoms with E-state index in [4.69, 9.17) is 16.3 Å². The molecule has 1 amide bonds. The fraction of sp³-hybridized carbons (Fsp3) is 0.316. The van der Waals surface area contributed by atoms with Crippen LogP contribution in [-0.4, -0.2) is 12.5 Å². The maximum absolute atomic E-state index is 12.2. The Labute approximate surface area is 142 Å². The van der Waals surface area contributed by atoms with Gasteiger partial charge in [-0.1, -0.05) is 54.4 Å². The van der Waals surface area contributed by atoms with Gasteiger partial charge in [0, 0.05) is 0 Å². The summed E-state index contributed by atoms with van der Waals surface area (Å²) in [5, 5.41) is 3.53. The zero-order chi connectivity index (χ0) is 16.8. The van der Waals surface area contributed by atoms with Gasteiger partial charge >= 0.3 is 0 Å². The summed E-state index contributed by atoms with van der Waals surface area (Å²) in [5.41, 5.74) is 3.54. The number of ether oxygens (including phenoxy) is 1. The molecule has 0 saturated carbocycles. The molecule has 0 bridgehead atoms. The number of hydrogen-bond donors (Lipinski definition) is 1. The normalized spacial score (nSPS) is 11.8. The van der Waals surface area contributed by atoms with Crippen LogP contribution in [-0.2, 0) is 4.79 Å². The van der Waals surface area contributed by atoms with Gasteiger partial charge < -0.3 is 10.1 Å². The van der Waals surface area contributed by atoms with Crippen LogP contribution >= 0.6 is 11.6 Å². The van der Waals surface area contributed by atoms with Crippen molar-refractivity contribution < 1.29 is 9.53 Å². The molecule has 0 aromatic heterocycles. The van der Waals surface area contributed by atoms with Crippen LogP contribution in [0.2, 0.25) is 5.02 Å². The summed E-state index contributed by atoms with van der Waals surface area (Å²) in [5.74, 6) is 0.362. The van der Waals surface area contributed by atoms with E-state index in [1.807, 2.05) is 12.1 Å². The maximum atomic E-state index is 12.2. The number of hydrogen-bond acceptors (Lipinski definition) is 2. The molecule has 1 atom stereocenters. The second kappa shape index (κ2) is 8.02. The van der Waals surface area contributed by atoms with Crippen molar-refractivity contribution in [2.45, 2.75) is 33.2 Å². The van der Waals surface area contributed by atoms with Crippen LogP contribution in [0.3, 0.4) is 0 Å². The monoisotopic (exact) mass is 331 g/mol. The van der Waals surface area contributed by atoms with Gasteiger partial charge in [-0.05, 0) is 43.5 Å². The predicted molar refractivity (Wildman–Crippen MR) is 94.0 cm³/mol. The van der Waals surface area contributed by atoms with Gasteiger partial charge in [0.25, 0.3) is 5.91 Å². The van der Waals surface area contributed by atoms with Crippen molar-refractivity contribution in [2.75, 3.05) is 6.61 Å². The smallest absolute Gasteiger partial charge is 0.258 e. The summed E-state index contributed by atoms with van der Waals surface area (Å²) in [4.78, 5) is 12.2. The van der Waals surface area contributed by atoms with E-state index in [9.17, 15) is 4.79 Å². The van der Waals surface area contributed by atoms with Crippen molar-refractivity contribution in [1.29, 1.82) is 0 Å². The van der Waals surface area contributed by atoms with Gasteiger partial charge in [-0.2, -0.15) is 0 Å². The lowest BCUT2D eigenvalue weighted by Gasteiger charge is -2.20. The molecule has 0 aliphatic heterocycles. The van der Waals surface area contributed by atoms with Crippen molar-refractivity contribution in [3.63, 3.8) is 0 Å². The number of benzene rings is 2. The van der Waals surface area contributed by atoms with E-state index >= 15 is 0 Å². The zero-order valence-corrected chi connectivity index (χ0v) is 14.5. The lowest BCUT2D eigenvalue weighted by molar-refractivity contribution is -0.123. The Morgan fingerprint density at radius 2 is 1.96 bits per heavy atom. The quantitative estimate of drug-likeness (QED) is 0.839. The molecule has 0 heterocycles. The van der Waals surface area contributed by atoms with Crippen LogP contribution in [0.15, 0.2) is 42.5 Å². The number of amides is 1. The van der Waals surface area contributed by atoms with Crippen molar-refractivity contribution in [3.8, 4) is 5.75 Å². The SMILES string of the molecule is CCC(NC(=O)COc1ccccc1Cl)c1ccc(C)cc1C. The molecule has 23 heavy (non-hydrogen) atoms. The molecule has 4 heteroatoms. The fourth-order valence-electron chi connectivity index (χ4n) is 2.56. The first-order valence-electron chi connectivity index (χ1n) is 7.75. The second-order valence-corrected chi connectivity index (χ2v) is 6.01. The molecule has 3 nitrogen and oxygen atoms in total.